The molecule has 0 spiro atoms. The van der Waals surface area contributed by atoms with Crippen LogP contribution in [0, 0.1) is 12.7 Å². The number of likely N-dealkylation sites (tertiary alicyclic amines) is 1. The number of H-pyrrole nitrogens is 1. The van der Waals surface area contributed by atoms with Gasteiger partial charge in [0.15, 0.2) is 0 Å². The van der Waals surface area contributed by atoms with Gasteiger partial charge in [-0.15, -0.1) is 0 Å². The van der Waals surface area contributed by atoms with Gasteiger partial charge in [0.1, 0.15) is 17.2 Å². The number of nitrogens with zero attached hydrogens (tertiary/aromatic N) is 2. The molecule has 1 N–H and O–H groups in total. The van der Waals surface area contributed by atoms with Gasteiger partial charge in [0.25, 0.3) is 5.92 Å². The number of carbonyl (C=O) groups excluding carboxylic acids is 1. The van der Waals surface area contributed by atoms with E-state index >= 15 is 0 Å². The third kappa shape index (κ3) is 4.31. The zero-order valence-electron chi connectivity index (χ0n) is 16.4. The Kier molecular flexibility index (Phi) is 5.16. The van der Waals surface area contributed by atoms with E-state index in [0.29, 0.717) is 16.8 Å². The van der Waals surface area contributed by atoms with Crippen molar-refractivity contribution >= 4 is 6.09 Å². The summed E-state index contributed by atoms with van der Waals surface area (Å²) in [5, 5.41) is 0. The van der Waals surface area contributed by atoms with Crippen molar-refractivity contribution in [2.24, 2.45) is 0 Å². The summed E-state index contributed by atoms with van der Waals surface area (Å²) in [5.41, 5.74) is 0.837. The number of aromatic nitrogens is 2. The Morgan fingerprint density at radius 3 is 2.68 bits per heavy atom. The van der Waals surface area contributed by atoms with Crippen molar-refractivity contribution in [2.45, 2.75) is 51.6 Å². The summed E-state index contributed by atoms with van der Waals surface area (Å²) in [4.78, 5) is 20.3. The van der Waals surface area contributed by atoms with Crippen LogP contribution in [0.4, 0.5) is 18.0 Å². The molecule has 2 heterocycles. The molecule has 1 saturated heterocycles. The Labute approximate surface area is 161 Å². The summed E-state index contributed by atoms with van der Waals surface area (Å²) >= 11 is 0. The number of rotatable bonds is 2. The van der Waals surface area contributed by atoms with E-state index in [4.69, 9.17) is 4.74 Å². The van der Waals surface area contributed by atoms with Crippen molar-refractivity contribution in [2.75, 3.05) is 13.1 Å². The molecule has 0 radical (unpaired) electrons. The molecule has 2 aromatic rings. The first-order valence-corrected chi connectivity index (χ1v) is 9.14. The van der Waals surface area contributed by atoms with E-state index in [0.717, 1.165) is 4.90 Å². The summed E-state index contributed by atoms with van der Waals surface area (Å²) in [6, 6.07) is 4.51. The molecule has 3 rings (SSSR count). The van der Waals surface area contributed by atoms with Crippen molar-refractivity contribution in [1.82, 2.24) is 14.9 Å². The fourth-order valence-electron chi connectivity index (χ4n) is 3.23. The second-order valence-electron chi connectivity index (χ2n) is 8.14. The number of amides is 1. The molecule has 0 saturated carbocycles. The molecule has 1 aromatic carbocycles. The summed E-state index contributed by atoms with van der Waals surface area (Å²) in [5.74, 6) is -4.46. The fourth-order valence-corrected chi connectivity index (χ4v) is 3.23. The molecule has 28 heavy (non-hydrogen) atoms. The predicted molar refractivity (Wildman–Crippen MR) is 98.8 cm³/mol. The standard InChI is InChI=1S/C20H24F3N3O2/c1-12-9-13(5-6-15(12)21)16-10-24-17(25-16)14-7-8-26(11-20(14,22)23)18(27)28-19(2,3)4/h5-6,9-10,14H,7-8,11H2,1-4H3,(H,24,25). The third-order valence-corrected chi connectivity index (χ3v) is 4.63. The minimum absolute atomic E-state index is 0.0572. The van der Waals surface area contributed by atoms with Crippen LogP contribution in [0.2, 0.25) is 0 Å². The SMILES string of the molecule is Cc1cc(-c2c[nH]c(C3CCN(C(=O)OC(C)(C)C)CC3(F)F)n2)ccc1F. The Morgan fingerprint density at radius 2 is 2.07 bits per heavy atom. The molecule has 1 fully saturated rings. The fraction of sp³-hybridized carbons (Fsp3) is 0.500. The zero-order chi connectivity index (χ0) is 20.7. The van der Waals surface area contributed by atoms with Crippen LogP contribution in [0.5, 0.6) is 0 Å². The van der Waals surface area contributed by atoms with Crippen molar-refractivity contribution < 1.29 is 22.7 Å². The lowest BCUT2D eigenvalue weighted by atomic mass is 9.92. The minimum Gasteiger partial charge on any atom is -0.444 e. The Hall–Kier alpha value is -2.51. The van der Waals surface area contributed by atoms with Gasteiger partial charge in [0.2, 0.25) is 0 Å². The number of nitrogens with one attached hydrogen (secondary N) is 1. The number of piperidine rings is 1. The highest BCUT2D eigenvalue weighted by atomic mass is 19.3. The van der Waals surface area contributed by atoms with Gasteiger partial charge in [-0.25, -0.2) is 22.9 Å². The molecule has 152 valence electrons. The molecule has 1 atom stereocenters. The van der Waals surface area contributed by atoms with Gasteiger partial charge in [-0.05, 0) is 57.9 Å². The second-order valence-corrected chi connectivity index (χ2v) is 8.14. The van der Waals surface area contributed by atoms with Gasteiger partial charge >= 0.3 is 6.09 Å². The molecule has 1 aliphatic rings. The minimum atomic E-state index is -3.15. The van der Waals surface area contributed by atoms with Crippen LogP contribution in [-0.2, 0) is 4.74 Å². The number of carbonyl (C=O) groups is 1. The number of alkyl halides is 2. The van der Waals surface area contributed by atoms with E-state index in [9.17, 15) is 18.0 Å². The number of aromatic amines is 1. The van der Waals surface area contributed by atoms with Gasteiger partial charge < -0.3 is 14.6 Å². The number of aryl methyl sites for hydroxylation is 1. The van der Waals surface area contributed by atoms with E-state index in [2.05, 4.69) is 9.97 Å². The van der Waals surface area contributed by atoms with E-state index in [1.54, 1.807) is 46.0 Å². The molecular weight excluding hydrogens is 371 g/mol. The van der Waals surface area contributed by atoms with Crippen molar-refractivity contribution in [3.8, 4) is 11.3 Å². The Bertz CT molecular complexity index is 874. The molecule has 1 unspecified atom stereocenters. The van der Waals surface area contributed by atoms with E-state index in [-0.39, 0.29) is 24.6 Å². The molecule has 1 amide bonds. The van der Waals surface area contributed by atoms with Crippen LogP contribution in [0.3, 0.4) is 0 Å². The van der Waals surface area contributed by atoms with Gasteiger partial charge in [0, 0.05) is 18.3 Å². The highest BCUT2D eigenvalue weighted by Crippen LogP contribution is 2.40. The first-order chi connectivity index (χ1) is 13.0. The Morgan fingerprint density at radius 1 is 1.36 bits per heavy atom. The van der Waals surface area contributed by atoms with Crippen LogP contribution in [0.15, 0.2) is 24.4 Å². The monoisotopic (exact) mass is 395 g/mol. The maximum absolute atomic E-state index is 14.8. The number of hydrogen-bond acceptors (Lipinski definition) is 3. The van der Waals surface area contributed by atoms with Crippen molar-refractivity contribution in [3.63, 3.8) is 0 Å². The quantitative estimate of drug-likeness (QED) is 0.788. The van der Waals surface area contributed by atoms with E-state index < -0.39 is 30.1 Å². The number of imidazole rings is 1. The topological polar surface area (TPSA) is 58.2 Å². The highest BCUT2D eigenvalue weighted by Gasteiger charge is 2.48. The van der Waals surface area contributed by atoms with Crippen molar-refractivity contribution in [3.05, 3.63) is 41.6 Å². The first kappa shape index (κ1) is 20.2. The molecule has 8 heteroatoms. The lowest BCUT2D eigenvalue weighted by Crippen LogP contribution is -2.51. The lowest BCUT2D eigenvalue weighted by Gasteiger charge is -2.38. The number of ether oxygens (including phenoxy) is 1. The smallest absolute Gasteiger partial charge is 0.410 e. The highest BCUT2D eigenvalue weighted by molar-refractivity contribution is 5.68. The maximum Gasteiger partial charge on any atom is 0.410 e. The zero-order valence-corrected chi connectivity index (χ0v) is 16.4. The first-order valence-electron chi connectivity index (χ1n) is 9.14. The Balaban J connectivity index is 1.76. The van der Waals surface area contributed by atoms with Gasteiger partial charge in [0.05, 0.1) is 18.2 Å². The normalized spacial score (nSPS) is 19.5. The number of halogens is 3. The molecule has 5 nitrogen and oxygen atoms in total. The molecule has 1 aromatic heterocycles. The predicted octanol–water partition coefficient (Wildman–Crippen LogP) is 4.88. The van der Waals surface area contributed by atoms with Crippen molar-refractivity contribution in [1.29, 1.82) is 0 Å². The van der Waals surface area contributed by atoms with Crippen LogP contribution < -0.4 is 0 Å². The average molecular weight is 395 g/mol. The van der Waals surface area contributed by atoms with Gasteiger partial charge in [-0.3, -0.25) is 0 Å². The van der Waals surface area contributed by atoms with Gasteiger partial charge in [-0.1, -0.05) is 0 Å². The average Bonchev–Trinajstić information content (AvgIpc) is 3.04. The third-order valence-electron chi connectivity index (χ3n) is 4.63. The molecule has 0 aliphatic carbocycles. The summed E-state index contributed by atoms with van der Waals surface area (Å²) in [7, 11) is 0. The van der Waals surface area contributed by atoms with Crippen LogP contribution in [-0.4, -0.2) is 45.6 Å². The van der Waals surface area contributed by atoms with E-state index in [1.807, 2.05) is 0 Å². The number of benzene rings is 1. The van der Waals surface area contributed by atoms with Crippen LogP contribution in [0.25, 0.3) is 11.3 Å². The molecule has 0 bridgehead atoms. The lowest BCUT2D eigenvalue weighted by molar-refractivity contribution is -0.0866. The maximum atomic E-state index is 14.8. The largest absolute Gasteiger partial charge is 0.444 e. The van der Waals surface area contributed by atoms with E-state index in [1.165, 1.54) is 6.07 Å². The van der Waals surface area contributed by atoms with Crippen LogP contribution >= 0.6 is 0 Å². The second kappa shape index (κ2) is 7.14. The van der Waals surface area contributed by atoms with Gasteiger partial charge in [-0.2, -0.15) is 0 Å². The van der Waals surface area contributed by atoms with Crippen LogP contribution in [0.1, 0.15) is 44.5 Å². The molecular formula is C20H24F3N3O2. The number of hydrogen-bond donors (Lipinski definition) is 1. The summed E-state index contributed by atoms with van der Waals surface area (Å²) < 4.78 is 48.2. The summed E-state index contributed by atoms with van der Waals surface area (Å²) in [6.45, 7) is 6.14. The molecule has 1 aliphatic heterocycles. The summed E-state index contributed by atoms with van der Waals surface area (Å²) in [6.07, 6.45) is 0.854.